The molecule has 0 amide bonds. The predicted octanol–water partition coefficient (Wildman–Crippen LogP) is 0.0647. The van der Waals surface area contributed by atoms with Crippen molar-refractivity contribution in [3.8, 4) is 0 Å². The van der Waals surface area contributed by atoms with E-state index in [1.807, 2.05) is 0 Å². The second kappa shape index (κ2) is 17.8. The first kappa shape index (κ1) is 25.4. The first-order chi connectivity index (χ1) is 12.6. The lowest BCUT2D eigenvalue weighted by Gasteiger charge is -2.33. The summed E-state index contributed by atoms with van der Waals surface area (Å²) in [6, 6.07) is 0. The molecule has 0 heterocycles. The monoisotopic (exact) mass is 377 g/mol. The largest absolute Gasteiger partial charge is 0.381 e. The first-order valence-electron chi connectivity index (χ1n) is 9.51. The van der Waals surface area contributed by atoms with E-state index in [1.54, 1.807) is 6.92 Å². The van der Waals surface area contributed by atoms with E-state index in [-0.39, 0.29) is 5.78 Å². The molecule has 0 aromatic carbocycles. The fourth-order valence-electron chi connectivity index (χ4n) is 2.18. The highest BCUT2D eigenvalue weighted by Crippen LogP contribution is 2.21. The SMILES string of the molecule is CC(=O)CCOCC(COCCCN)(COCCCN)COCCCN. The fraction of sp³-hybridized carbons (Fsp3) is 0.944. The zero-order valence-corrected chi connectivity index (χ0v) is 16.4. The topological polar surface area (TPSA) is 132 Å². The summed E-state index contributed by atoms with van der Waals surface area (Å²) in [5, 5.41) is 0. The van der Waals surface area contributed by atoms with Crippen LogP contribution in [0.5, 0.6) is 0 Å². The van der Waals surface area contributed by atoms with Gasteiger partial charge in [0.15, 0.2) is 0 Å². The van der Waals surface area contributed by atoms with Crippen molar-refractivity contribution >= 4 is 5.78 Å². The highest BCUT2D eigenvalue weighted by Gasteiger charge is 2.32. The quantitative estimate of drug-likeness (QED) is 0.254. The van der Waals surface area contributed by atoms with Crippen molar-refractivity contribution in [1.82, 2.24) is 0 Å². The number of ketones is 1. The fourth-order valence-corrected chi connectivity index (χ4v) is 2.18. The van der Waals surface area contributed by atoms with E-state index in [9.17, 15) is 4.79 Å². The molecule has 0 saturated carbocycles. The zero-order valence-electron chi connectivity index (χ0n) is 16.4. The second-order valence-electron chi connectivity index (χ2n) is 6.59. The van der Waals surface area contributed by atoms with E-state index in [1.165, 1.54) is 0 Å². The van der Waals surface area contributed by atoms with Gasteiger partial charge in [-0.15, -0.1) is 0 Å². The molecule has 6 N–H and O–H groups in total. The predicted molar refractivity (Wildman–Crippen MR) is 102 cm³/mol. The van der Waals surface area contributed by atoms with Gasteiger partial charge in [0.05, 0.1) is 38.4 Å². The summed E-state index contributed by atoms with van der Waals surface area (Å²) in [5.74, 6) is 0.105. The molecule has 0 spiro atoms. The van der Waals surface area contributed by atoms with Crippen LogP contribution in [0.15, 0.2) is 0 Å². The van der Waals surface area contributed by atoms with Crippen LogP contribution in [-0.4, -0.2) is 78.3 Å². The molecule has 0 unspecified atom stereocenters. The van der Waals surface area contributed by atoms with E-state index >= 15 is 0 Å². The minimum absolute atomic E-state index is 0.105. The number of ether oxygens (including phenoxy) is 4. The Kier molecular flexibility index (Phi) is 17.4. The Morgan fingerprint density at radius 3 is 1.35 bits per heavy atom. The summed E-state index contributed by atoms with van der Waals surface area (Å²) in [7, 11) is 0. The molecular formula is C18H39N3O5. The van der Waals surface area contributed by atoms with E-state index in [4.69, 9.17) is 36.1 Å². The van der Waals surface area contributed by atoms with Crippen LogP contribution in [0.4, 0.5) is 0 Å². The van der Waals surface area contributed by atoms with Crippen LogP contribution < -0.4 is 17.2 Å². The lowest BCUT2D eigenvalue weighted by molar-refractivity contribution is -0.121. The number of rotatable bonds is 20. The van der Waals surface area contributed by atoms with Gasteiger partial charge in [-0.05, 0) is 45.8 Å². The van der Waals surface area contributed by atoms with Crippen molar-refractivity contribution in [2.24, 2.45) is 22.6 Å². The molecule has 0 aromatic heterocycles. The number of nitrogens with two attached hydrogens (primary N) is 3. The molecule has 0 aliphatic carbocycles. The molecule has 0 aliphatic heterocycles. The van der Waals surface area contributed by atoms with Crippen LogP contribution in [0, 0.1) is 5.41 Å². The molecule has 0 bridgehead atoms. The summed E-state index contributed by atoms with van der Waals surface area (Å²) < 4.78 is 23.1. The summed E-state index contributed by atoms with van der Waals surface area (Å²) >= 11 is 0. The molecule has 0 aliphatic rings. The van der Waals surface area contributed by atoms with E-state index in [0.29, 0.717) is 78.9 Å². The number of Topliss-reactive ketones (excluding diaryl/α,β-unsaturated/α-hetero) is 1. The molecule has 8 heteroatoms. The summed E-state index contributed by atoms with van der Waals surface area (Å²) in [5.41, 5.74) is 16.1. The van der Waals surface area contributed by atoms with Gasteiger partial charge < -0.3 is 36.1 Å². The van der Waals surface area contributed by atoms with Crippen LogP contribution in [0.2, 0.25) is 0 Å². The maximum Gasteiger partial charge on any atom is 0.132 e. The summed E-state index contributed by atoms with van der Waals surface area (Å²) in [4.78, 5) is 11.1. The van der Waals surface area contributed by atoms with Crippen molar-refractivity contribution in [2.75, 3.05) is 72.5 Å². The van der Waals surface area contributed by atoms with Crippen molar-refractivity contribution in [3.63, 3.8) is 0 Å². The molecular weight excluding hydrogens is 338 g/mol. The van der Waals surface area contributed by atoms with Gasteiger partial charge in [0.1, 0.15) is 5.78 Å². The Bertz CT molecular complexity index is 301. The standard InChI is InChI=1S/C18H39N3O5/c1-17(22)5-12-26-16-18(13-23-9-2-6-19,14-24-10-3-7-20)15-25-11-4-8-21/h2-16,19-21H2,1H3. The van der Waals surface area contributed by atoms with Gasteiger partial charge >= 0.3 is 0 Å². The van der Waals surface area contributed by atoms with Crippen molar-refractivity contribution < 1.29 is 23.7 Å². The van der Waals surface area contributed by atoms with Gasteiger partial charge in [-0.3, -0.25) is 4.79 Å². The average Bonchev–Trinajstić information content (AvgIpc) is 2.63. The molecule has 0 saturated heterocycles. The molecule has 0 aromatic rings. The van der Waals surface area contributed by atoms with Crippen molar-refractivity contribution in [1.29, 1.82) is 0 Å². The van der Waals surface area contributed by atoms with Crippen LogP contribution in [0.25, 0.3) is 0 Å². The molecule has 0 radical (unpaired) electrons. The Labute approximate surface area is 158 Å². The Morgan fingerprint density at radius 1 is 0.692 bits per heavy atom. The normalized spacial score (nSPS) is 11.8. The smallest absolute Gasteiger partial charge is 0.132 e. The Morgan fingerprint density at radius 2 is 1.04 bits per heavy atom. The van der Waals surface area contributed by atoms with Crippen LogP contribution >= 0.6 is 0 Å². The molecule has 26 heavy (non-hydrogen) atoms. The van der Waals surface area contributed by atoms with Gasteiger partial charge in [0, 0.05) is 26.2 Å². The molecule has 8 nitrogen and oxygen atoms in total. The first-order valence-corrected chi connectivity index (χ1v) is 9.51. The molecule has 0 atom stereocenters. The van der Waals surface area contributed by atoms with Crippen molar-refractivity contribution in [2.45, 2.75) is 32.6 Å². The zero-order chi connectivity index (χ0) is 19.5. The third-order valence-corrected chi connectivity index (χ3v) is 3.71. The number of hydrogen-bond donors (Lipinski definition) is 3. The highest BCUT2D eigenvalue weighted by molar-refractivity contribution is 5.75. The minimum atomic E-state index is -0.436. The molecule has 0 rings (SSSR count). The molecule has 156 valence electrons. The molecule has 0 fully saturated rings. The summed E-state index contributed by atoms with van der Waals surface area (Å²) in [6.45, 7) is 7.16. The number of carbonyl (C=O) groups is 1. The lowest BCUT2D eigenvalue weighted by atomic mass is 9.92. The van der Waals surface area contributed by atoms with E-state index in [2.05, 4.69) is 0 Å². The third kappa shape index (κ3) is 14.5. The van der Waals surface area contributed by atoms with Crippen LogP contribution in [-0.2, 0) is 23.7 Å². The van der Waals surface area contributed by atoms with Crippen LogP contribution in [0.1, 0.15) is 32.6 Å². The van der Waals surface area contributed by atoms with Gasteiger partial charge in [-0.2, -0.15) is 0 Å². The average molecular weight is 378 g/mol. The van der Waals surface area contributed by atoms with Crippen LogP contribution in [0.3, 0.4) is 0 Å². The number of carbonyl (C=O) groups excluding carboxylic acids is 1. The van der Waals surface area contributed by atoms with Gasteiger partial charge in [0.2, 0.25) is 0 Å². The third-order valence-electron chi connectivity index (χ3n) is 3.71. The van der Waals surface area contributed by atoms with E-state index in [0.717, 1.165) is 19.3 Å². The van der Waals surface area contributed by atoms with Gasteiger partial charge in [0.25, 0.3) is 0 Å². The second-order valence-corrected chi connectivity index (χ2v) is 6.59. The maximum absolute atomic E-state index is 11.1. The lowest BCUT2D eigenvalue weighted by Crippen LogP contribution is -2.42. The Balaban J connectivity index is 4.70. The van der Waals surface area contributed by atoms with E-state index < -0.39 is 5.41 Å². The maximum atomic E-state index is 11.1. The van der Waals surface area contributed by atoms with Gasteiger partial charge in [-0.25, -0.2) is 0 Å². The number of hydrogen-bond acceptors (Lipinski definition) is 8. The van der Waals surface area contributed by atoms with Gasteiger partial charge in [-0.1, -0.05) is 0 Å². The highest BCUT2D eigenvalue weighted by atomic mass is 16.5. The summed E-state index contributed by atoms with van der Waals surface area (Å²) in [6.07, 6.45) is 2.78. The minimum Gasteiger partial charge on any atom is -0.381 e. The van der Waals surface area contributed by atoms with Crippen molar-refractivity contribution in [3.05, 3.63) is 0 Å². The Hall–Kier alpha value is -0.610.